The Hall–Kier alpha value is -1.41. The van der Waals surface area contributed by atoms with Crippen LogP contribution in [0.15, 0.2) is 36.4 Å². The Bertz CT molecular complexity index is 477. The number of benzene rings is 1. The summed E-state index contributed by atoms with van der Waals surface area (Å²) in [4.78, 5) is 8.58. The molecule has 2 aromatic rings. The predicted octanol–water partition coefficient (Wildman–Crippen LogP) is 3.98. The van der Waals surface area contributed by atoms with E-state index in [2.05, 4.69) is 29.0 Å². The average molecular weight is 247 g/mol. The highest BCUT2D eigenvalue weighted by molar-refractivity contribution is 6.29. The van der Waals surface area contributed by atoms with Crippen molar-refractivity contribution in [2.45, 2.75) is 26.2 Å². The van der Waals surface area contributed by atoms with E-state index in [4.69, 9.17) is 11.6 Å². The zero-order valence-electron chi connectivity index (χ0n) is 10.0. The highest BCUT2D eigenvalue weighted by Crippen LogP contribution is 2.27. The van der Waals surface area contributed by atoms with Gasteiger partial charge in [0.15, 0.2) is 0 Å². The Kier molecular flexibility index (Phi) is 3.75. The number of rotatable bonds is 3. The summed E-state index contributed by atoms with van der Waals surface area (Å²) in [6.45, 7) is 4.02. The monoisotopic (exact) mass is 246 g/mol. The van der Waals surface area contributed by atoms with E-state index in [0.717, 1.165) is 17.9 Å². The van der Waals surface area contributed by atoms with E-state index in [1.807, 2.05) is 31.2 Å². The quantitative estimate of drug-likeness (QED) is 0.766. The van der Waals surface area contributed by atoms with Gasteiger partial charge >= 0.3 is 0 Å². The Morgan fingerprint density at radius 3 is 2.47 bits per heavy atom. The van der Waals surface area contributed by atoms with Crippen LogP contribution in [0.2, 0.25) is 5.15 Å². The largest absolute Gasteiger partial charge is 0.238 e. The number of aromatic nitrogens is 2. The summed E-state index contributed by atoms with van der Waals surface area (Å²) in [5.74, 6) is 1.01. The first-order valence-electron chi connectivity index (χ1n) is 5.76. The summed E-state index contributed by atoms with van der Waals surface area (Å²) < 4.78 is 0. The van der Waals surface area contributed by atoms with Gasteiger partial charge in [0.1, 0.15) is 11.0 Å². The van der Waals surface area contributed by atoms with Crippen LogP contribution in [0.4, 0.5) is 0 Å². The van der Waals surface area contributed by atoms with Gasteiger partial charge in [0, 0.05) is 5.92 Å². The van der Waals surface area contributed by atoms with Gasteiger partial charge in [-0.15, -0.1) is 0 Å². The summed E-state index contributed by atoms with van der Waals surface area (Å²) in [5.41, 5.74) is 2.26. The van der Waals surface area contributed by atoms with Crippen LogP contribution < -0.4 is 0 Å². The molecule has 0 radical (unpaired) electrons. The summed E-state index contributed by atoms with van der Waals surface area (Å²) in [6.07, 6.45) is 0.997. The molecule has 0 bridgehead atoms. The second kappa shape index (κ2) is 5.28. The van der Waals surface area contributed by atoms with Gasteiger partial charge in [0.05, 0.1) is 5.69 Å². The molecule has 17 heavy (non-hydrogen) atoms. The Morgan fingerprint density at radius 1 is 1.18 bits per heavy atom. The van der Waals surface area contributed by atoms with Crippen LogP contribution in [-0.2, 0) is 0 Å². The molecule has 88 valence electrons. The van der Waals surface area contributed by atoms with Crippen LogP contribution in [-0.4, -0.2) is 9.97 Å². The highest BCUT2D eigenvalue weighted by atomic mass is 35.5. The van der Waals surface area contributed by atoms with E-state index in [0.29, 0.717) is 5.15 Å². The average Bonchev–Trinajstić information content (AvgIpc) is 2.30. The lowest BCUT2D eigenvalue weighted by Gasteiger charge is -2.15. The molecule has 0 N–H and O–H groups in total. The maximum Gasteiger partial charge on any atom is 0.133 e. The topological polar surface area (TPSA) is 25.8 Å². The zero-order chi connectivity index (χ0) is 12.3. The third kappa shape index (κ3) is 2.83. The standard InChI is InChI=1S/C14H15ClN2/c1-3-12(11-7-5-4-6-8-11)13-9-14(15)17-10(2)16-13/h4-9,12H,3H2,1-2H3. The first-order chi connectivity index (χ1) is 8.20. The van der Waals surface area contributed by atoms with E-state index in [1.54, 1.807) is 0 Å². The smallest absolute Gasteiger partial charge is 0.133 e. The van der Waals surface area contributed by atoms with E-state index < -0.39 is 0 Å². The van der Waals surface area contributed by atoms with Crippen LogP contribution >= 0.6 is 11.6 Å². The van der Waals surface area contributed by atoms with Crippen molar-refractivity contribution in [1.29, 1.82) is 0 Å². The second-order valence-electron chi connectivity index (χ2n) is 4.03. The van der Waals surface area contributed by atoms with Gasteiger partial charge in [-0.1, -0.05) is 48.9 Å². The number of aryl methyl sites for hydroxylation is 1. The maximum atomic E-state index is 5.99. The molecule has 3 heteroatoms. The van der Waals surface area contributed by atoms with Gasteiger partial charge in [-0.25, -0.2) is 9.97 Å². The minimum absolute atomic E-state index is 0.287. The highest BCUT2D eigenvalue weighted by Gasteiger charge is 2.14. The van der Waals surface area contributed by atoms with Crippen molar-refractivity contribution in [1.82, 2.24) is 9.97 Å². The number of hydrogen-bond acceptors (Lipinski definition) is 2. The molecular formula is C14H15ClN2. The maximum absolute atomic E-state index is 5.99. The normalized spacial score (nSPS) is 12.4. The molecule has 1 heterocycles. The molecule has 0 fully saturated rings. The third-order valence-electron chi connectivity index (χ3n) is 2.79. The molecule has 0 aliphatic heterocycles. The first kappa shape index (κ1) is 12.1. The zero-order valence-corrected chi connectivity index (χ0v) is 10.8. The fourth-order valence-electron chi connectivity index (χ4n) is 2.03. The Morgan fingerprint density at radius 2 is 1.88 bits per heavy atom. The van der Waals surface area contributed by atoms with Crippen LogP contribution in [0.25, 0.3) is 0 Å². The van der Waals surface area contributed by atoms with Crippen molar-refractivity contribution in [3.63, 3.8) is 0 Å². The minimum atomic E-state index is 0.287. The molecule has 0 saturated carbocycles. The van der Waals surface area contributed by atoms with Crippen molar-refractivity contribution in [2.24, 2.45) is 0 Å². The van der Waals surface area contributed by atoms with Gasteiger partial charge in [0.2, 0.25) is 0 Å². The van der Waals surface area contributed by atoms with Crippen LogP contribution in [0.3, 0.4) is 0 Å². The lowest BCUT2D eigenvalue weighted by atomic mass is 9.93. The summed E-state index contributed by atoms with van der Waals surface area (Å²) in [6, 6.07) is 12.2. The van der Waals surface area contributed by atoms with E-state index in [9.17, 15) is 0 Å². The molecule has 0 saturated heterocycles. The molecule has 2 nitrogen and oxygen atoms in total. The lowest BCUT2D eigenvalue weighted by Crippen LogP contribution is -2.04. The van der Waals surface area contributed by atoms with Crippen molar-refractivity contribution < 1.29 is 0 Å². The van der Waals surface area contributed by atoms with Crippen molar-refractivity contribution in [3.8, 4) is 0 Å². The fraction of sp³-hybridized carbons (Fsp3) is 0.286. The van der Waals surface area contributed by atoms with Crippen molar-refractivity contribution in [2.75, 3.05) is 0 Å². The van der Waals surface area contributed by atoms with Crippen LogP contribution in [0.1, 0.15) is 36.3 Å². The summed E-state index contributed by atoms with van der Waals surface area (Å²) >= 11 is 5.99. The van der Waals surface area contributed by atoms with Gasteiger partial charge in [-0.05, 0) is 25.0 Å². The van der Waals surface area contributed by atoms with Crippen LogP contribution in [0, 0.1) is 6.92 Å². The van der Waals surface area contributed by atoms with Gasteiger partial charge in [0.25, 0.3) is 0 Å². The Labute approximate surface area is 107 Å². The lowest BCUT2D eigenvalue weighted by molar-refractivity contribution is 0.738. The number of halogens is 1. The summed E-state index contributed by atoms with van der Waals surface area (Å²) in [5, 5.41) is 0.516. The van der Waals surface area contributed by atoms with Crippen LogP contribution in [0.5, 0.6) is 0 Å². The molecule has 0 aliphatic carbocycles. The Balaban J connectivity index is 2.42. The second-order valence-corrected chi connectivity index (χ2v) is 4.42. The van der Waals surface area contributed by atoms with Gasteiger partial charge in [-0.3, -0.25) is 0 Å². The van der Waals surface area contributed by atoms with Gasteiger partial charge in [-0.2, -0.15) is 0 Å². The van der Waals surface area contributed by atoms with Crippen molar-refractivity contribution in [3.05, 3.63) is 58.6 Å². The summed E-state index contributed by atoms with van der Waals surface area (Å²) in [7, 11) is 0. The molecule has 1 aromatic carbocycles. The molecule has 2 rings (SSSR count). The van der Waals surface area contributed by atoms with E-state index >= 15 is 0 Å². The van der Waals surface area contributed by atoms with E-state index in [1.165, 1.54) is 5.56 Å². The SMILES string of the molecule is CCC(c1ccccc1)c1cc(Cl)nc(C)n1. The number of nitrogens with zero attached hydrogens (tertiary/aromatic N) is 2. The minimum Gasteiger partial charge on any atom is -0.238 e. The molecule has 1 unspecified atom stereocenters. The van der Waals surface area contributed by atoms with Gasteiger partial charge < -0.3 is 0 Å². The molecule has 1 aromatic heterocycles. The predicted molar refractivity (Wildman–Crippen MR) is 70.4 cm³/mol. The fourth-order valence-corrected chi connectivity index (χ4v) is 2.27. The molecule has 1 atom stereocenters. The molecule has 0 aliphatic rings. The molecule has 0 spiro atoms. The molecular weight excluding hydrogens is 232 g/mol. The van der Waals surface area contributed by atoms with E-state index in [-0.39, 0.29) is 5.92 Å². The number of hydrogen-bond donors (Lipinski definition) is 0. The molecule has 0 amide bonds. The first-order valence-corrected chi connectivity index (χ1v) is 6.14. The third-order valence-corrected chi connectivity index (χ3v) is 2.99. The van der Waals surface area contributed by atoms with Crippen molar-refractivity contribution >= 4 is 11.6 Å².